The first-order valence-electron chi connectivity index (χ1n) is 4.74. The summed E-state index contributed by atoms with van der Waals surface area (Å²) in [6, 6.07) is 0. The number of hydrogen-bond donors (Lipinski definition) is 0. The van der Waals surface area contributed by atoms with Crippen LogP contribution in [0.4, 0.5) is 0 Å². The molecule has 12 heavy (non-hydrogen) atoms. The Hall–Kier alpha value is -0.850. The van der Waals surface area contributed by atoms with E-state index in [1.165, 1.54) is 5.71 Å². The molecule has 1 heterocycles. The maximum atomic E-state index is 4.10. The average molecular weight is 167 g/mol. The van der Waals surface area contributed by atoms with Crippen molar-refractivity contribution in [3.63, 3.8) is 0 Å². The zero-order chi connectivity index (χ0) is 9.82. The number of nitrogens with zero attached hydrogens (tertiary/aromatic N) is 1. The van der Waals surface area contributed by atoms with Gasteiger partial charge in [0.05, 0.1) is 0 Å². The van der Waals surface area contributed by atoms with Gasteiger partial charge in [-0.25, -0.2) is 0 Å². The summed E-state index contributed by atoms with van der Waals surface area (Å²) in [5.41, 5.74) is 1.18. The predicted molar refractivity (Wildman–Crippen MR) is 58.7 cm³/mol. The van der Waals surface area contributed by atoms with Gasteiger partial charge in [0.25, 0.3) is 0 Å². The standard InChI is InChI=1S/C7H9N.2C2H6/c1-7-5-3-2-4-6-8-7;2*1-2/h2-4,6H,5H2,1H3;2*1-2H3. The zero-order valence-electron chi connectivity index (χ0n) is 8.96. The lowest BCUT2D eigenvalue weighted by Crippen LogP contribution is -1.83. The van der Waals surface area contributed by atoms with Crippen LogP contribution >= 0.6 is 0 Å². The Kier molecular flexibility index (Phi) is 14.6. The molecule has 0 aromatic rings. The van der Waals surface area contributed by atoms with Gasteiger partial charge in [0.2, 0.25) is 0 Å². The van der Waals surface area contributed by atoms with E-state index in [2.05, 4.69) is 11.1 Å². The van der Waals surface area contributed by atoms with E-state index >= 15 is 0 Å². The molecule has 0 saturated heterocycles. The van der Waals surface area contributed by atoms with Crippen LogP contribution in [0.3, 0.4) is 0 Å². The van der Waals surface area contributed by atoms with E-state index in [0.717, 1.165) is 6.42 Å². The van der Waals surface area contributed by atoms with Gasteiger partial charge in [-0.15, -0.1) is 0 Å². The van der Waals surface area contributed by atoms with Gasteiger partial charge in [0.1, 0.15) is 0 Å². The molecule has 0 aliphatic carbocycles. The molecule has 1 heteroatoms. The van der Waals surface area contributed by atoms with Crippen LogP contribution < -0.4 is 0 Å². The molecule has 0 bridgehead atoms. The highest BCUT2D eigenvalue weighted by Crippen LogP contribution is 1.94. The first-order chi connectivity index (χ1) is 5.89. The fourth-order valence-corrected chi connectivity index (χ4v) is 0.590. The van der Waals surface area contributed by atoms with E-state index < -0.39 is 0 Å². The van der Waals surface area contributed by atoms with Crippen LogP contribution in [0.15, 0.2) is 29.4 Å². The molecule has 0 fully saturated rings. The lowest BCUT2D eigenvalue weighted by atomic mass is 10.3. The molecule has 1 aliphatic rings. The summed E-state index contributed by atoms with van der Waals surface area (Å²) in [6.45, 7) is 10.0. The normalized spacial score (nSPS) is 12.9. The van der Waals surface area contributed by atoms with Gasteiger partial charge in [-0.2, -0.15) is 0 Å². The second kappa shape index (κ2) is 12.8. The second-order valence-electron chi connectivity index (χ2n) is 1.84. The van der Waals surface area contributed by atoms with E-state index in [-0.39, 0.29) is 0 Å². The van der Waals surface area contributed by atoms with Crippen molar-refractivity contribution in [1.29, 1.82) is 0 Å². The van der Waals surface area contributed by atoms with Gasteiger partial charge in [0, 0.05) is 18.3 Å². The Labute approximate surface area is 76.9 Å². The third-order valence-electron chi connectivity index (χ3n) is 1.04. The molecule has 0 N–H and O–H groups in total. The third-order valence-corrected chi connectivity index (χ3v) is 1.04. The van der Waals surface area contributed by atoms with Crippen molar-refractivity contribution in [2.24, 2.45) is 4.99 Å². The first-order valence-corrected chi connectivity index (χ1v) is 4.74. The minimum Gasteiger partial charge on any atom is -0.266 e. The minimum absolute atomic E-state index is 0.993. The molecular weight excluding hydrogens is 146 g/mol. The molecule has 1 aliphatic heterocycles. The maximum Gasteiger partial charge on any atom is 0.0267 e. The van der Waals surface area contributed by atoms with E-state index in [4.69, 9.17) is 0 Å². The van der Waals surface area contributed by atoms with Crippen molar-refractivity contribution in [2.75, 3.05) is 0 Å². The quantitative estimate of drug-likeness (QED) is 0.517. The Balaban J connectivity index is 0. The number of allylic oxidation sites excluding steroid dienone is 3. The molecular formula is C11H21N. The second-order valence-corrected chi connectivity index (χ2v) is 1.84. The first kappa shape index (κ1) is 13.7. The summed E-state index contributed by atoms with van der Waals surface area (Å²) in [5, 5.41) is 0. The van der Waals surface area contributed by atoms with Crippen molar-refractivity contribution >= 4 is 5.71 Å². The molecule has 1 rings (SSSR count). The Morgan fingerprint density at radius 1 is 1.08 bits per heavy atom. The molecule has 1 nitrogen and oxygen atoms in total. The van der Waals surface area contributed by atoms with Crippen molar-refractivity contribution in [2.45, 2.75) is 41.0 Å². The average Bonchev–Trinajstić information content (AvgIpc) is 2.40. The van der Waals surface area contributed by atoms with Gasteiger partial charge >= 0.3 is 0 Å². The fraction of sp³-hybridized carbons (Fsp3) is 0.545. The highest BCUT2D eigenvalue weighted by atomic mass is 14.7. The van der Waals surface area contributed by atoms with E-state index in [9.17, 15) is 0 Å². The lowest BCUT2D eigenvalue weighted by Gasteiger charge is -1.85. The van der Waals surface area contributed by atoms with Crippen molar-refractivity contribution in [1.82, 2.24) is 0 Å². The Morgan fingerprint density at radius 3 is 2.25 bits per heavy atom. The van der Waals surface area contributed by atoms with E-state index in [1.54, 1.807) is 0 Å². The Morgan fingerprint density at radius 2 is 1.67 bits per heavy atom. The van der Waals surface area contributed by atoms with Gasteiger partial charge < -0.3 is 0 Å². The van der Waals surface area contributed by atoms with Crippen molar-refractivity contribution in [3.8, 4) is 0 Å². The number of hydrogen-bond acceptors (Lipinski definition) is 1. The largest absolute Gasteiger partial charge is 0.266 e. The van der Waals surface area contributed by atoms with Crippen molar-refractivity contribution in [3.05, 3.63) is 24.4 Å². The molecule has 0 radical (unpaired) electrons. The van der Waals surface area contributed by atoms with Crippen LogP contribution in [-0.2, 0) is 0 Å². The summed E-state index contributed by atoms with van der Waals surface area (Å²) in [7, 11) is 0. The van der Waals surface area contributed by atoms with Gasteiger partial charge in [-0.1, -0.05) is 39.8 Å². The van der Waals surface area contributed by atoms with Crippen LogP contribution in [0.25, 0.3) is 0 Å². The van der Waals surface area contributed by atoms with E-state index in [1.807, 2.05) is 53.0 Å². The lowest BCUT2D eigenvalue weighted by molar-refractivity contribution is 1.41. The summed E-state index contributed by atoms with van der Waals surface area (Å²) < 4.78 is 0. The number of rotatable bonds is 0. The summed E-state index contributed by atoms with van der Waals surface area (Å²) in [6.07, 6.45) is 8.87. The summed E-state index contributed by atoms with van der Waals surface area (Å²) >= 11 is 0. The number of aliphatic imine (C=N–C) groups is 1. The molecule has 0 spiro atoms. The molecule has 0 atom stereocenters. The van der Waals surface area contributed by atoms with E-state index in [0.29, 0.717) is 0 Å². The van der Waals surface area contributed by atoms with Crippen LogP contribution in [0.5, 0.6) is 0 Å². The van der Waals surface area contributed by atoms with Crippen molar-refractivity contribution < 1.29 is 0 Å². The SMILES string of the molecule is CC.CC.CC1=NC=CC=CC1. The Bertz CT molecular complexity index is 152. The predicted octanol–water partition coefficient (Wildman–Crippen LogP) is 3.97. The fourth-order valence-electron chi connectivity index (χ4n) is 0.590. The third kappa shape index (κ3) is 9.15. The molecule has 0 unspecified atom stereocenters. The minimum atomic E-state index is 0.993. The summed E-state index contributed by atoms with van der Waals surface area (Å²) in [4.78, 5) is 4.10. The highest BCUT2D eigenvalue weighted by molar-refractivity contribution is 5.84. The summed E-state index contributed by atoms with van der Waals surface area (Å²) in [5.74, 6) is 0. The van der Waals surface area contributed by atoms with Crippen LogP contribution in [0.1, 0.15) is 41.0 Å². The van der Waals surface area contributed by atoms with Gasteiger partial charge in [-0.05, 0) is 13.0 Å². The maximum absolute atomic E-state index is 4.10. The zero-order valence-corrected chi connectivity index (χ0v) is 8.96. The molecule has 0 aromatic carbocycles. The van der Waals surface area contributed by atoms with Crippen LogP contribution in [0, 0.1) is 0 Å². The van der Waals surface area contributed by atoms with Gasteiger partial charge in [-0.3, -0.25) is 4.99 Å². The topological polar surface area (TPSA) is 12.4 Å². The van der Waals surface area contributed by atoms with Crippen LogP contribution in [0.2, 0.25) is 0 Å². The smallest absolute Gasteiger partial charge is 0.0267 e. The molecule has 0 aromatic heterocycles. The molecule has 70 valence electrons. The monoisotopic (exact) mass is 167 g/mol. The highest BCUT2D eigenvalue weighted by Gasteiger charge is 1.84. The molecule has 0 amide bonds. The molecule has 0 saturated carbocycles. The van der Waals surface area contributed by atoms with Crippen LogP contribution in [-0.4, -0.2) is 5.71 Å². The van der Waals surface area contributed by atoms with Gasteiger partial charge in [0.15, 0.2) is 0 Å².